The zero-order chi connectivity index (χ0) is 18.2. The number of fused-ring (bicyclic) bond motifs is 1. The van der Waals surface area contributed by atoms with Crippen molar-refractivity contribution in [3.63, 3.8) is 0 Å². The Morgan fingerprint density at radius 1 is 0.923 bits per heavy atom. The van der Waals surface area contributed by atoms with Crippen LogP contribution in [0.4, 0.5) is 4.39 Å². The molecule has 1 aromatic carbocycles. The Morgan fingerprint density at radius 2 is 1.65 bits per heavy atom. The fourth-order valence-electron chi connectivity index (χ4n) is 4.99. The van der Waals surface area contributed by atoms with Gasteiger partial charge in [-0.15, -0.1) is 0 Å². The SMILES string of the molecule is CCCCCCCC1CCC(CCC2=CCc3c(F)cccc3C2)CC1. The third kappa shape index (κ3) is 5.69. The quantitative estimate of drug-likeness (QED) is 0.313. The second-order valence-corrected chi connectivity index (χ2v) is 8.75. The fraction of sp³-hybridized carbons (Fsp3) is 0.680. The third-order valence-corrected chi connectivity index (χ3v) is 6.78. The van der Waals surface area contributed by atoms with Crippen LogP contribution in [-0.2, 0) is 12.8 Å². The summed E-state index contributed by atoms with van der Waals surface area (Å²) in [6, 6.07) is 5.57. The lowest BCUT2D eigenvalue weighted by Crippen LogP contribution is -2.15. The van der Waals surface area contributed by atoms with E-state index in [1.807, 2.05) is 6.07 Å². The van der Waals surface area contributed by atoms with E-state index in [0.717, 1.165) is 30.2 Å². The lowest BCUT2D eigenvalue weighted by atomic mass is 9.77. The molecule has 0 bridgehead atoms. The average Bonchev–Trinajstić information content (AvgIpc) is 2.67. The van der Waals surface area contributed by atoms with Gasteiger partial charge in [0.2, 0.25) is 0 Å². The Kier molecular flexibility index (Phi) is 7.77. The van der Waals surface area contributed by atoms with E-state index in [1.54, 1.807) is 11.6 Å². The van der Waals surface area contributed by atoms with Gasteiger partial charge in [0.15, 0.2) is 0 Å². The highest BCUT2D eigenvalue weighted by Gasteiger charge is 2.21. The monoisotopic (exact) mass is 356 g/mol. The molecule has 0 atom stereocenters. The molecule has 144 valence electrons. The first-order valence-corrected chi connectivity index (χ1v) is 11.2. The topological polar surface area (TPSA) is 0 Å². The maximum absolute atomic E-state index is 13.8. The summed E-state index contributed by atoms with van der Waals surface area (Å²) in [7, 11) is 0. The Hall–Kier alpha value is -1.11. The Balaban J connectivity index is 1.33. The lowest BCUT2D eigenvalue weighted by molar-refractivity contribution is 0.248. The molecular weight excluding hydrogens is 319 g/mol. The molecular formula is C25H37F. The number of hydrogen-bond acceptors (Lipinski definition) is 0. The minimum absolute atomic E-state index is 0.0224. The van der Waals surface area contributed by atoms with Crippen molar-refractivity contribution in [3.8, 4) is 0 Å². The van der Waals surface area contributed by atoms with Crippen LogP contribution in [-0.4, -0.2) is 0 Å². The van der Waals surface area contributed by atoms with Crippen molar-refractivity contribution in [2.75, 3.05) is 0 Å². The van der Waals surface area contributed by atoms with Gasteiger partial charge in [-0.25, -0.2) is 4.39 Å². The van der Waals surface area contributed by atoms with E-state index in [4.69, 9.17) is 0 Å². The minimum Gasteiger partial charge on any atom is -0.207 e. The number of halogens is 1. The normalized spacial score (nSPS) is 22.8. The highest BCUT2D eigenvalue weighted by Crippen LogP contribution is 2.36. The van der Waals surface area contributed by atoms with E-state index in [0.29, 0.717) is 0 Å². The van der Waals surface area contributed by atoms with Gasteiger partial charge in [0.25, 0.3) is 0 Å². The molecule has 0 aliphatic heterocycles. The maximum atomic E-state index is 13.8. The van der Waals surface area contributed by atoms with Crippen molar-refractivity contribution >= 4 is 0 Å². The summed E-state index contributed by atoms with van der Waals surface area (Å²) < 4.78 is 13.8. The van der Waals surface area contributed by atoms with Crippen LogP contribution < -0.4 is 0 Å². The highest BCUT2D eigenvalue weighted by molar-refractivity contribution is 5.37. The van der Waals surface area contributed by atoms with Crippen LogP contribution in [0.15, 0.2) is 29.8 Å². The van der Waals surface area contributed by atoms with Gasteiger partial charge in [-0.2, -0.15) is 0 Å². The van der Waals surface area contributed by atoms with Gasteiger partial charge in [0.05, 0.1) is 0 Å². The van der Waals surface area contributed by atoms with E-state index in [9.17, 15) is 4.39 Å². The minimum atomic E-state index is -0.0224. The van der Waals surface area contributed by atoms with Crippen molar-refractivity contribution in [3.05, 3.63) is 46.8 Å². The molecule has 1 heteroatoms. The Bertz CT molecular complexity index is 578. The lowest BCUT2D eigenvalue weighted by Gasteiger charge is -2.29. The number of hydrogen-bond donors (Lipinski definition) is 0. The van der Waals surface area contributed by atoms with Crippen LogP contribution in [0, 0.1) is 17.7 Å². The molecule has 1 saturated carbocycles. The predicted octanol–water partition coefficient (Wildman–Crippen LogP) is 7.80. The van der Waals surface area contributed by atoms with Gasteiger partial charge in [0.1, 0.15) is 5.82 Å². The van der Waals surface area contributed by atoms with Gasteiger partial charge in [-0.05, 0) is 54.7 Å². The molecule has 0 nitrogen and oxygen atoms in total. The summed E-state index contributed by atoms with van der Waals surface area (Å²) in [5, 5.41) is 0. The molecule has 1 fully saturated rings. The summed E-state index contributed by atoms with van der Waals surface area (Å²) in [5.41, 5.74) is 3.69. The molecule has 0 radical (unpaired) electrons. The first-order valence-electron chi connectivity index (χ1n) is 11.2. The first kappa shape index (κ1) is 19.6. The first-order chi connectivity index (χ1) is 12.8. The van der Waals surface area contributed by atoms with Crippen LogP contribution in [0.1, 0.15) is 95.1 Å². The fourth-order valence-corrected chi connectivity index (χ4v) is 4.99. The zero-order valence-corrected chi connectivity index (χ0v) is 16.7. The molecule has 0 unspecified atom stereocenters. The predicted molar refractivity (Wildman–Crippen MR) is 110 cm³/mol. The molecule has 2 aliphatic carbocycles. The van der Waals surface area contributed by atoms with Gasteiger partial charge in [-0.1, -0.05) is 94.9 Å². The summed E-state index contributed by atoms with van der Waals surface area (Å²) >= 11 is 0. The van der Waals surface area contributed by atoms with Crippen LogP contribution >= 0.6 is 0 Å². The molecule has 0 N–H and O–H groups in total. The van der Waals surface area contributed by atoms with Crippen molar-refractivity contribution < 1.29 is 4.39 Å². The van der Waals surface area contributed by atoms with Crippen molar-refractivity contribution in [1.82, 2.24) is 0 Å². The largest absolute Gasteiger partial charge is 0.207 e. The van der Waals surface area contributed by atoms with Crippen LogP contribution in [0.5, 0.6) is 0 Å². The molecule has 0 aromatic heterocycles. The smallest absolute Gasteiger partial charge is 0.126 e. The van der Waals surface area contributed by atoms with Gasteiger partial charge < -0.3 is 0 Å². The number of allylic oxidation sites excluding steroid dienone is 2. The second-order valence-electron chi connectivity index (χ2n) is 8.75. The van der Waals surface area contributed by atoms with E-state index >= 15 is 0 Å². The summed E-state index contributed by atoms with van der Waals surface area (Å²) in [4.78, 5) is 0. The number of unbranched alkanes of at least 4 members (excludes halogenated alkanes) is 4. The van der Waals surface area contributed by atoms with Gasteiger partial charge >= 0.3 is 0 Å². The Labute approximate surface area is 160 Å². The Morgan fingerprint density at radius 3 is 2.42 bits per heavy atom. The van der Waals surface area contributed by atoms with Crippen molar-refractivity contribution in [1.29, 1.82) is 0 Å². The van der Waals surface area contributed by atoms with Crippen LogP contribution in [0.3, 0.4) is 0 Å². The standard InChI is InChI=1S/C25H37F/c1-2-3-4-5-6-8-20-11-13-21(14-12-20)15-16-22-17-18-24-23(19-22)9-7-10-25(24)26/h7,9-10,17,20-21H,2-6,8,11-16,18-19H2,1H3. The van der Waals surface area contributed by atoms with Crippen molar-refractivity contribution in [2.24, 2.45) is 11.8 Å². The van der Waals surface area contributed by atoms with E-state index in [-0.39, 0.29) is 5.82 Å². The van der Waals surface area contributed by atoms with Crippen molar-refractivity contribution in [2.45, 2.75) is 96.8 Å². The molecule has 26 heavy (non-hydrogen) atoms. The number of benzene rings is 1. The van der Waals surface area contributed by atoms with Crippen LogP contribution in [0.2, 0.25) is 0 Å². The highest BCUT2D eigenvalue weighted by atomic mass is 19.1. The van der Waals surface area contributed by atoms with Crippen LogP contribution in [0.25, 0.3) is 0 Å². The van der Waals surface area contributed by atoms with Gasteiger partial charge in [0, 0.05) is 0 Å². The molecule has 0 saturated heterocycles. The second kappa shape index (κ2) is 10.3. The van der Waals surface area contributed by atoms with E-state index in [1.165, 1.54) is 82.6 Å². The molecule has 2 aliphatic rings. The zero-order valence-electron chi connectivity index (χ0n) is 16.7. The molecule has 0 heterocycles. The third-order valence-electron chi connectivity index (χ3n) is 6.78. The number of rotatable bonds is 9. The summed E-state index contributed by atoms with van der Waals surface area (Å²) in [6.07, 6.45) is 21.0. The van der Waals surface area contributed by atoms with E-state index < -0.39 is 0 Å². The van der Waals surface area contributed by atoms with E-state index in [2.05, 4.69) is 19.1 Å². The summed E-state index contributed by atoms with van der Waals surface area (Å²) in [5.74, 6) is 1.92. The average molecular weight is 357 g/mol. The van der Waals surface area contributed by atoms with Gasteiger partial charge in [-0.3, -0.25) is 0 Å². The molecule has 1 aromatic rings. The molecule has 0 spiro atoms. The molecule has 3 rings (SSSR count). The maximum Gasteiger partial charge on any atom is 0.126 e. The summed E-state index contributed by atoms with van der Waals surface area (Å²) in [6.45, 7) is 2.29. The molecule has 0 amide bonds.